The van der Waals surface area contributed by atoms with Gasteiger partial charge in [-0.2, -0.15) is 0 Å². The lowest BCUT2D eigenvalue weighted by Crippen LogP contribution is -2.04. The first kappa shape index (κ1) is 13.1. The van der Waals surface area contributed by atoms with Gasteiger partial charge < -0.3 is 14.9 Å². The molecule has 0 atom stereocenters. The normalized spacial score (nSPS) is 11.0. The SMILES string of the molecule is CC(C)COc1cc(C=CC(=O)O)ccc1O. The second-order valence-electron chi connectivity index (χ2n) is 4.10. The van der Waals surface area contributed by atoms with Gasteiger partial charge in [0.2, 0.25) is 0 Å². The van der Waals surface area contributed by atoms with Gasteiger partial charge in [-0.05, 0) is 29.7 Å². The molecule has 0 fully saturated rings. The number of carbonyl (C=O) groups is 1. The highest BCUT2D eigenvalue weighted by molar-refractivity contribution is 5.85. The number of carboxylic acids is 1. The van der Waals surface area contributed by atoms with E-state index in [0.29, 0.717) is 23.8 Å². The van der Waals surface area contributed by atoms with Crippen LogP contribution in [0.15, 0.2) is 24.3 Å². The third-order valence-corrected chi connectivity index (χ3v) is 1.97. The van der Waals surface area contributed by atoms with E-state index in [2.05, 4.69) is 0 Å². The predicted octanol–water partition coefficient (Wildman–Crippen LogP) is 2.52. The summed E-state index contributed by atoms with van der Waals surface area (Å²) < 4.78 is 5.41. The number of phenols is 1. The van der Waals surface area contributed by atoms with Gasteiger partial charge in [-0.3, -0.25) is 0 Å². The second-order valence-corrected chi connectivity index (χ2v) is 4.10. The van der Waals surface area contributed by atoms with Crippen LogP contribution in [-0.4, -0.2) is 22.8 Å². The lowest BCUT2D eigenvalue weighted by Gasteiger charge is -2.10. The average molecular weight is 236 g/mol. The molecule has 1 aromatic carbocycles. The number of phenolic OH excluding ortho intramolecular Hbond substituents is 1. The van der Waals surface area contributed by atoms with Gasteiger partial charge in [-0.1, -0.05) is 19.9 Å². The molecule has 0 aliphatic rings. The van der Waals surface area contributed by atoms with Gasteiger partial charge in [0, 0.05) is 6.08 Å². The Kier molecular flexibility index (Phi) is 4.57. The molecule has 92 valence electrons. The largest absolute Gasteiger partial charge is 0.504 e. The molecule has 0 radical (unpaired) electrons. The fourth-order valence-corrected chi connectivity index (χ4v) is 1.17. The van der Waals surface area contributed by atoms with Gasteiger partial charge in [-0.15, -0.1) is 0 Å². The van der Waals surface area contributed by atoms with E-state index in [1.807, 2.05) is 13.8 Å². The number of benzene rings is 1. The molecule has 4 nitrogen and oxygen atoms in total. The van der Waals surface area contributed by atoms with Crippen LogP contribution in [0.3, 0.4) is 0 Å². The zero-order chi connectivity index (χ0) is 12.8. The first-order chi connectivity index (χ1) is 7.99. The summed E-state index contributed by atoms with van der Waals surface area (Å²) >= 11 is 0. The summed E-state index contributed by atoms with van der Waals surface area (Å²) in [5.41, 5.74) is 0.670. The van der Waals surface area contributed by atoms with Crippen molar-refractivity contribution in [1.82, 2.24) is 0 Å². The minimum Gasteiger partial charge on any atom is -0.504 e. The number of aromatic hydroxyl groups is 1. The van der Waals surface area contributed by atoms with Gasteiger partial charge in [0.25, 0.3) is 0 Å². The minimum atomic E-state index is -1.01. The van der Waals surface area contributed by atoms with Crippen molar-refractivity contribution in [2.24, 2.45) is 5.92 Å². The molecule has 0 heterocycles. The van der Waals surface area contributed by atoms with E-state index in [-0.39, 0.29) is 5.75 Å². The maximum atomic E-state index is 10.4. The van der Waals surface area contributed by atoms with E-state index >= 15 is 0 Å². The molecule has 0 amide bonds. The van der Waals surface area contributed by atoms with Crippen LogP contribution >= 0.6 is 0 Å². The first-order valence-corrected chi connectivity index (χ1v) is 5.36. The van der Waals surface area contributed by atoms with Crippen molar-refractivity contribution in [2.45, 2.75) is 13.8 Å². The Morgan fingerprint density at radius 3 is 2.76 bits per heavy atom. The highest BCUT2D eigenvalue weighted by Crippen LogP contribution is 2.27. The number of rotatable bonds is 5. The summed E-state index contributed by atoms with van der Waals surface area (Å²) in [5, 5.41) is 18.1. The molecule has 0 bridgehead atoms. The fourth-order valence-electron chi connectivity index (χ4n) is 1.17. The highest BCUT2D eigenvalue weighted by atomic mass is 16.5. The van der Waals surface area contributed by atoms with Gasteiger partial charge in [0.15, 0.2) is 11.5 Å². The van der Waals surface area contributed by atoms with E-state index in [0.717, 1.165) is 6.08 Å². The molecule has 1 aromatic rings. The Morgan fingerprint density at radius 1 is 1.47 bits per heavy atom. The zero-order valence-corrected chi connectivity index (χ0v) is 9.88. The second kappa shape index (κ2) is 5.94. The number of hydrogen-bond donors (Lipinski definition) is 2. The molecule has 0 saturated carbocycles. The smallest absolute Gasteiger partial charge is 0.328 e. The molecule has 2 N–H and O–H groups in total. The van der Waals surface area contributed by atoms with Crippen molar-refractivity contribution in [3.8, 4) is 11.5 Å². The third-order valence-electron chi connectivity index (χ3n) is 1.97. The van der Waals surface area contributed by atoms with Crippen molar-refractivity contribution in [1.29, 1.82) is 0 Å². The minimum absolute atomic E-state index is 0.0538. The van der Waals surface area contributed by atoms with Gasteiger partial charge >= 0.3 is 5.97 Å². The first-order valence-electron chi connectivity index (χ1n) is 5.36. The number of ether oxygens (including phenoxy) is 1. The summed E-state index contributed by atoms with van der Waals surface area (Å²) in [6, 6.07) is 4.71. The molecule has 0 aliphatic carbocycles. The zero-order valence-electron chi connectivity index (χ0n) is 9.88. The van der Waals surface area contributed by atoms with Gasteiger partial charge in [0.1, 0.15) is 0 Å². The van der Waals surface area contributed by atoms with Crippen LogP contribution in [0, 0.1) is 5.92 Å². The number of hydrogen-bond acceptors (Lipinski definition) is 3. The van der Waals surface area contributed by atoms with Crippen molar-refractivity contribution in [2.75, 3.05) is 6.61 Å². The van der Waals surface area contributed by atoms with Crippen molar-refractivity contribution >= 4 is 12.0 Å². The predicted molar refractivity (Wildman–Crippen MR) is 65.1 cm³/mol. The molecular weight excluding hydrogens is 220 g/mol. The maximum absolute atomic E-state index is 10.4. The van der Waals surface area contributed by atoms with Crippen molar-refractivity contribution < 1.29 is 19.7 Å². The lowest BCUT2D eigenvalue weighted by atomic mass is 10.2. The molecule has 0 aliphatic heterocycles. The van der Waals surface area contributed by atoms with Crippen LogP contribution in [-0.2, 0) is 4.79 Å². The molecule has 1 rings (SSSR count). The van der Waals surface area contributed by atoms with Crippen molar-refractivity contribution in [3.63, 3.8) is 0 Å². The molecule has 0 spiro atoms. The van der Waals surface area contributed by atoms with Crippen LogP contribution in [0.4, 0.5) is 0 Å². The maximum Gasteiger partial charge on any atom is 0.328 e. The van der Waals surface area contributed by atoms with E-state index in [9.17, 15) is 9.90 Å². The fraction of sp³-hybridized carbons (Fsp3) is 0.308. The highest BCUT2D eigenvalue weighted by Gasteiger charge is 2.04. The lowest BCUT2D eigenvalue weighted by molar-refractivity contribution is -0.131. The van der Waals surface area contributed by atoms with Crippen LogP contribution < -0.4 is 4.74 Å². The van der Waals surface area contributed by atoms with E-state index in [1.165, 1.54) is 12.1 Å². The number of aliphatic carboxylic acids is 1. The number of carboxylic acid groups (broad SMARTS) is 1. The molecule has 17 heavy (non-hydrogen) atoms. The molecule has 0 saturated heterocycles. The Hall–Kier alpha value is -1.97. The van der Waals surface area contributed by atoms with E-state index < -0.39 is 5.97 Å². The van der Waals surface area contributed by atoms with Crippen LogP contribution in [0.5, 0.6) is 11.5 Å². The summed E-state index contributed by atoms with van der Waals surface area (Å²) in [7, 11) is 0. The van der Waals surface area contributed by atoms with E-state index in [1.54, 1.807) is 12.1 Å². The van der Waals surface area contributed by atoms with Gasteiger partial charge in [0.05, 0.1) is 6.61 Å². The van der Waals surface area contributed by atoms with Gasteiger partial charge in [-0.25, -0.2) is 4.79 Å². The average Bonchev–Trinajstić information content (AvgIpc) is 2.26. The standard InChI is InChI=1S/C13H16O4/c1-9(2)8-17-12-7-10(3-5-11(12)14)4-6-13(15)16/h3-7,9,14H,8H2,1-2H3,(H,15,16). The van der Waals surface area contributed by atoms with E-state index in [4.69, 9.17) is 9.84 Å². The van der Waals surface area contributed by atoms with Crippen LogP contribution in [0.2, 0.25) is 0 Å². The molecular formula is C13H16O4. The Bertz CT molecular complexity index is 421. The Balaban J connectivity index is 2.82. The third kappa shape index (κ3) is 4.59. The summed E-state index contributed by atoms with van der Waals surface area (Å²) in [6.07, 6.45) is 2.49. The quantitative estimate of drug-likeness (QED) is 0.771. The molecule has 0 aromatic heterocycles. The summed E-state index contributed by atoms with van der Waals surface area (Å²) in [6.45, 7) is 4.51. The Labute approximate surface area is 100 Å². The van der Waals surface area contributed by atoms with Crippen LogP contribution in [0.1, 0.15) is 19.4 Å². The summed E-state index contributed by atoms with van der Waals surface area (Å²) in [5.74, 6) is -0.236. The monoisotopic (exact) mass is 236 g/mol. The molecule has 4 heteroatoms. The summed E-state index contributed by atoms with van der Waals surface area (Å²) in [4.78, 5) is 10.4. The Morgan fingerprint density at radius 2 is 2.18 bits per heavy atom. The molecule has 0 unspecified atom stereocenters. The van der Waals surface area contributed by atoms with Crippen LogP contribution in [0.25, 0.3) is 6.08 Å². The topological polar surface area (TPSA) is 66.8 Å². The van der Waals surface area contributed by atoms with Crippen molar-refractivity contribution in [3.05, 3.63) is 29.8 Å².